The number of pyridine rings is 1. The standard InChI is InChI=1S/C18H23N3O2S/c1-12-7-13(15-5-6-19-10-16(15)20-11-24)9-14(8-12)21-17(22)23-18(2,3)4/h5-6,8,10,13-14H,7,9H2,1-4H3,(H,21,22). The lowest BCUT2D eigenvalue weighted by Crippen LogP contribution is -2.40. The maximum absolute atomic E-state index is 12.0. The smallest absolute Gasteiger partial charge is 0.408 e. The van der Waals surface area contributed by atoms with Crippen LogP contribution in [0.25, 0.3) is 0 Å². The van der Waals surface area contributed by atoms with E-state index >= 15 is 0 Å². The summed E-state index contributed by atoms with van der Waals surface area (Å²) in [7, 11) is 0. The minimum Gasteiger partial charge on any atom is -0.444 e. The third-order valence-corrected chi connectivity index (χ3v) is 3.82. The highest BCUT2D eigenvalue weighted by Crippen LogP contribution is 2.37. The van der Waals surface area contributed by atoms with Crippen LogP contribution in [0.5, 0.6) is 0 Å². The molecule has 0 saturated carbocycles. The van der Waals surface area contributed by atoms with Crippen molar-refractivity contribution in [2.45, 2.75) is 58.1 Å². The van der Waals surface area contributed by atoms with Crippen LogP contribution in [-0.4, -0.2) is 27.9 Å². The predicted molar refractivity (Wildman–Crippen MR) is 97.8 cm³/mol. The molecule has 1 aromatic rings. The maximum atomic E-state index is 12.0. The summed E-state index contributed by atoms with van der Waals surface area (Å²) in [5.41, 5.74) is 2.53. The first kappa shape index (κ1) is 18.3. The normalized spacial score (nSPS) is 20.6. The van der Waals surface area contributed by atoms with Gasteiger partial charge >= 0.3 is 6.09 Å². The molecular weight excluding hydrogens is 322 g/mol. The molecule has 0 aromatic carbocycles. The van der Waals surface area contributed by atoms with Crippen LogP contribution in [0.2, 0.25) is 0 Å². The van der Waals surface area contributed by atoms with Crippen molar-refractivity contribution in [1.82, 2.24) is 10.3 Å². The Morgan fingerprint density at radius 3 is 2.92 bits per heavy atom. The lowest BCUT2D eigenvalue weighted by atomic mass is 9.82. The van der Waals surface area contributed by atoms with Crippen molar-refractivity contribution in [2.24, 2.45) is 4.99 Å². The SMILES string of the molecule is CC1=CC(NC(=O)OC(C)(C)C)CC(c2ccncc2N=C=S)C1. The van der Waals surface area contributed by atoms with Crippen molar-refractivity contribution in [3.05, 3.63) is 35.7 Å². The Labute approximate surface area is 148 Å². The Morgan fingerprint density at radius 1 is 1.50 bits per heavy atom. The highest BCUT2D eigenvalue weighted by Gasteiger charge is 2.26. The number of carbonyl (C=O) groups is 1. The molecule has 2 rings (SSSR count). The molecule has 0 saturated heterocycles. The van der Waals surface area contributed by atoms with E-state index in [0.29, 0.717) is 0 Å². The van der Waals surface area contributed by atoms with Gasteiger partial charge in [-0.1, -0.05) is 11.6 Å². The Balaban J connectivity index is 2.15. The van der Waals surface area contributed by atoms with Crippen LogP contribution in [0.4, 0.5) is 10.5 Å². The number of isothiocyanates is 1. The molecule has 2 atom stereocenters. The minimum absolute atomic E-state index is 0.0731. The maximum Gasteiger partial charge on any atom is 0.408 e. The number of nitrogens with one attached hydrogen (secondary N) is 1. The average molecular weight is 345 g/mol. The van der Waals surface area contributed by atoms with Crippen molar-refractivity contribution >= 4 is 29.2 Å². The molecule has 24 heavy (non-hydrogen) atoms. The monoisotopic (exact) mass is 345 g/mol. The highest BCUT2D eigenvalue weighted by atomic mass is 32.1. The number of carbonyl (C=O) groups excluding carboxylic acids is 1. The molecule has 1 heterocycles. The molecule has 1 aliphatic rings. The zero-order valence-corrected chi connectivity index (χ0v) is 15.3. The van der Waals surface area contributed by atoms with Gasteiger partial charge in [0.2, 0.25) is 0 Å². The molecule has 1 amide bonds. The van der Waals surface area contributed by atoms with Gasteiger partial charge in [-0.25, -0.2) is 4.79 Å². The number of ether oxygens (including phenoxy) is 1. The molecule has 0 aliphatic heterocycles. The third-order valence-electron chi connectivity index (χ3n) is 3.73. The molecule has 0 radical (unpaired) electrons. The first-order valence-corrected chi connectivity index (χ1v) is 8.38. The van der Waals surface area contributed by atoms with Gasteiger partial charge in [-0.05, 0) is 70.3 Å². The zero-order chi connectivity index (χ0) is 17.7. The Bertz CT molecular complexity index is 688. The summed E-state index contributed by atoms with van der Waals surface area (Å²) in [6.07, 6.45) is 6.82. The molecule has 2 unspecified atom stereocenters. The first-order chi connectivity index (χ1) is 11.3. The van der Waals surface area contributed by atoms with E-state index in [4.69, 9.17) is 17.0 Å². The fraction of sp³-hybridized carbons (Fsp3) is 0.500. The lowest BCUT2D eigenvalue weighted by molar-refractivity contribution is 0.0510. The van der Waals surface area contributed by atoms with E-state index in [0.717, 1.165) is 24.1 Å². The number of aliphatic imine (C=N–C) groups is 1. The number of aromatic nitrogens is 1. The fourth-order valence-corrected chi connectivity index (χ4v) is 3.04. The molecule has 5 nitrogen and oxygen atoms in total. The summed E-state index contributed by atoms with van der Waals surface area (Å²) in [5.74, 6) is 0.236. The Morgan fingerprint density at radius 2 is 2.25 bits per heavy atom. The van der Waals surface area contributed by atoms with Crippen LogP contribution >= 0.6 is 12.2 Å². The van der Waals surface area contributed by atoms with Gasteiger partial charge in [-0.2, -0.15) is 4.99 Å². The number of hydrogen-bond donors (Lipinski definition) is 1. The molecule has 0 bridgehead atoms. The molecule has 1 aliphatic carbocycles. The molecule has 0 spiro atoms. The van der Waals surface area contributed by atoms with Crippen molar-refractivity contribution in [2.75, 3.05) is 0 Å². The summed E-state index contributed by atoms with van der Waals surface area (Å²) in [5, 5.41) is 5.34. The highest BCUT2D eigenvalue weighted by molar-refractivity contribution is 7.78. The molecule has 6 heteroatoms. The lowest BCUT2D eigenvalue weighted by Gasteiger charge is -2.29. The van der Waals surface area contributed by atoms with Crippen LogP contribution in [0, 0.1) is 0 Å². The molecular formula is C18H23N3O2S. The van der Waals surface area contributed by atoms with E-state index < -0.39 is 11.7 Å². The Kier molecular flexibility index (Phi) is 5.86. The van der Waals surface area contributed by atoms with Gasteiger partial charge in [-0.15, -0.1) is 0 Å². The van der Waals surface area contributed by atoms with Gasteiger partial charge in [-0.3, -0.25) is 4.98 Å². The van der Waals surface area contributed by atoms with E-state index in [1.807, 2.05) is 26.8 Å². The number of rotatable bonds is 3. The van der Waals surface area contributed by atoms with Gasteiger partial charge in [0.1, 0.15) is 5.60 Å². The fourth-order valence-electron chi connectivity index (χ4n) is 2.94. The number of allylic oxidation sites excluding steroid dienone is 1. The van der Waals surface area contributed by atoms with Gasteiger partial charge < -0.3 is 10.1 Å². The molecule has 0 fully saturated rings. The first-order valence-electron chi connectivity index (χ1n) is 7.97. The van der Waals surface area contributed by atoms with Crippen LogP contribution in [-0.2, 0) is 4.74 Å². The number of nitrogens with zero attached hydrogens (tertiary/aromatic N) is 2. The van der Waals surface area contributed by atoms with E-state index in [9.17, 15) is 4.79 Å². The summed E-state index contributed by atoms with van der Waals surface area (Å²) in [6.45, 7) is 7.62. The van der Waals surface area contributed by atoms with Gasteiger partial charge in [0.15, 0.2) is 0 Å². The number of alkyl carbamates (subject to hydrolysis) is 1. The van der Waals surface area contributed by atoms with Crippen LogP contribution in [0.15, 0.2) is 35.1 Å². The zero-order valence-electron chi connectivity index (χ0n) is 14.5. The summed E-state index contributed by atoms with van der Waals surface area (Å²) in [4.78, 5) is 20.2. The van der Waals surface area contributed by atoms with Crippen molar-refractivity contribution in [3.8, 4) is 0 Å². The van der Waals surface area contributed by atoms with Gasteiger partial charge in [0, 0.05) is 6.20 Å². The summed E-state index contributed by atoms with van der Waals surface area (Å²) >= 11 is 4.72. The second kappa shape index (κ2) is 7.69. The van der Waals surface area contributed by atoms with Crippen LogP contribution in [0.1, 0.15) is 52.0 Å². The van der Waals surface area contributed by atoms with E-state index in [2.05, 4.69) is 33.5 Å². The van der Waals surface area contributed by atoms with Crippen LogP contribution in [0.3, 0.4) is 0 Å². The van der Waals surface area contributed by atoms with Crippen molar-refractivity contribution < 1.29 is 9.53 Å². The second-order valence-corrected chi connectivity index (χ2v) is 7.22. The topological polar surface area (TPSA) is 63.6 Å². The van der Waals surface area contributed by atoms with Crippen LogP contribution < -0.4 is 5.32 Å². The van der Waals surface area contributed by atoms with Crippen molar-refractivity contribution in [3.63, 3.8) is 0 Å². The molecule has 128 valence electrons. The molecule has 1 aromatic heterocycles. The number of amides is 1. The number of hydrogen-bond acceptors (Lipinski definition) is 5. The van der Waals surface area contributed by atoms with E-state index in [1.54, 1.807) is 12.4 Å². The van der Waals surface area contributed by atoms with Crippen molar-refractivity contribution in [1.29, 1.82) is 0 Å². The largest absolute Gasteiger partial charge is 0.444 e. The second-order valence-electron chi connectivity index (χ2n) is 7.04. The van der Waals surface area contributed by atoms with Gasteiger partial charge in [0.05, 0.1) is 23.1 Å². The average Bonchev–Trinajstić information content (AvgIpc) is 2.45. The third kappa shape index (κ3) is 5.25. The number of thiocarbonyl (C=S) groups is 1. The minimum atomic E-state index is -0.511. The van der Waals surface area contributed by atoms with E-state index in [1.165, 1.54) is 5.57 Å². The van der Waals surface area contributed by atoms with Gasteiger partial charge in [0.25, 0.3) is 0 Å². The summed E-state index contributed by atoms with van der Waals surface area (Å²) in [6, 6.07) is 1.88. The quantitative estimate of drug-likeness (QED) is 0.496. The Hall–Kier alpha value is -2.04. The molecule has 1 N–H and O–H groups in total. The predicted octanol–water partition coefficient (Wildman–Crippen LogP) is 4.53. The summed E-state index contributed by atoms with van der Waals surface area (Å²) < 4.78 is 5.35. The van der Waals surface area contributed by atoms with E-state index in [-0.39, 0.29) is 12.0 Å².